The normalized spacial score (nSPS) is 10.8. The first-order valence-electron chi connectivity index (χ1n) is 6.07. The Morgan fingerprint density at radius 2 is 2.18 bits per heavy atom. The molecule has 0 saturated carbocycles. The van der Waals surface area contributed by atoms with Crippen LogP contribution in [0.2, 0.25) is 0 Å². The molecule has 0 amide bonds. The molecule has 22 heavy (non-hydrogen) atoms. The SMILES string of the molecule is COC(=O)c1ccoc1Cn1nc(-c2ccc(Br)o2)oc1=O. The maximum absolute atomic E-state index is 11.8. The Kier molecular flexibility index (Phi) is 3.72. The van der Waals surface area contributed by atoms with Crippen molar-refractivity contribution in [2.24, 2.45) is 0 Å². The third-order valence-electron chi connectivity index (χ3n) is 2.83. The molecule has 0 aliphatic rings. The van der Waals surface area contributed by atoms with Crippen molar-refractivity contribution in [3.8, 4) is 11.7 Å². The van der Waals surface area contributed by atoms with Gasteiger partial charge in [-0.05, 0) is 34.1 Å². The highest BCUT2D eigenvalue weighted by Gasteiger charge is 2.19. The first-order valence-corrected chi connectivity index (χ1v) is 6.86. The average molecular weight is 369 g/mol. The molecule has 3 aromatic rings. The van der Waals surface area contributed by atoms with Crippen molar-refractivity contribution >= 4 is 21.9 Å². The van der Waals surface area contributed by atoms with Gasteiger partial charge in [-0.15, -0.1) is 5.10 Å². The summed E-state index contributed by atoms with van der Waals surface area (Å²) >= 11 is 3.15. The second-order valence-electron chi connectivity index (χ2n) is 4.18. The molecule has 0 aliphatic heterocycles. The van der Waals surface area contributed by atoms with Crippen LogP contribution in [0.15, 0.2) is 47.2 Å². The third-order valence-corrected chi connectivity index (χ3v) is 3.26. The number of hydrogen-bond donors (Lipinski definition) is 0. The number of hydrogen-bond acceptors (Lipinski definition) is 7. The number of ether oxygens (including phenoxy) is 1. The summed E-state index contributed by atoms with van der Waals surface area (Å²) in [5.41, 5.74) is 0.222. The van der Waals surface area contributed by atoms with Gasteiger partial charge in [0.25, 0.3) is 5.89 Å². The van der Waals surface area contributed by atoms with Crippen LogP contribution in [0.1, 0.15) is 16.1 Å². The van der Waals surface area contributed by atoms with Crippen molar-refractivity contribution in [2.75, 3.05) is 7.11 Å². The standard InChI is InChI=1S/C13H9BrN2O6/c1-19-12(17)7-4-5-20-9(7)6-16-13(18)22-11(15-16)8-2-3-10(14)21-8/h2-5H,6H2,1H3. The molecule has 8 nitrogen and oxygen atoms in total. The van der Waals surface area contributed by atoms with E-state index in [0.29, 0.717) is 10.4 Å². The van der Waals surface area contributed by atoms with E-state index in [4.69, 9.17) is 13.3 Å². The topological polar surface area (TPSA) is 101 Å². The van der Waals surface area contributed by atoms with E-state index in [0.717, 1.165) is 4.68 Å². The van der Waals surface area contributed by atoms with E-state index < -0.39 is 11.7 Å². The summed E-state index contributed by atoms with van der Waals surface area (Å²) in [6, 6.07) is 4.71. The van der Waals surface area contributed by atoms with Crippen LogP contribution in [-0.2, 0) is 11.3 Å². The quantitative estimate of drug-likeness (QED) is 0.651. The van der Waals surface area contributed by atoms with Gasteiger partial charge in [0.15, 0.2) is 10.4 Å². The maximum atomic E-state index is 11.8. The van der Waals surface area contributed by atoms with E-state index in [-0.39, 0.29) is 23.8 Å². The summed E-state index contributed by atoms with van der Waals surface area (Å²) in [5.74, 6) is -0.683. The van der Waals surface area contributed by atoms with Gasteiger partial charge in [0.1, 0.15) is 17.9 Å². The van der Waals surface area contributed by atoms with Gasteiger partial charge in [-0.1, -0.05) is 0 Å². The van der Waals surface area contributed by atoms with Gasteiger partial charge >= 0.3 is 11.7 Å². The fourth-order valence-electron chi connectivity index (χ4n) is 1.83. The van der Waals surface area contributed by atoms with Crippen LogP contribution in [0.3, 0.4) is 0 Å². The van der Waals surface area contributed by atoms with Crippen LogP contribution in [0.4, 0.5) is 0 Å². The van der Waals surface area contributed by atoms with Crippen molar-refractivity contribution in [3.63, 3.8) is 0 Å². The molecule has 0 saturated heterocycles. The smallest absolute Gasteiger partial charge is 0.437 e. The molecule has 0 N–H and O–H groups in total. The van der Waals surface area contributed by atoms with Crippen molar-refractivity contribution < 1.29 is 22.8 Å². The number of methoxy groups -OCH3 is 1. The summed E-state index contributed by atoms with van der Waals surface area (Å²) in [7, 11) is 1.26. The molecule has 0 aliphatic carbocycles. The Morgan fingerprint density at radius 1 is 1.36 bits per heavy atom. The van der Waals surface area contributed by atoms with E-state index in [1.54, 1.807) is 12.1 Å². The molecule has 0 unspecified atom stereocenters. The lowest BCUT2D eigenvalue weighted by Crippen LogP contribution is -2.17. The van der Waals surface area contributed by atoms with Gasteiger partial charge in [-0.25, -0.2) is 9.59 Å². The Morgan fingerprint density at radius 3 is 2.86 bits per heavy atom. The monoisotopic (exact) mass is 368 g/mol. The molecular weight excluding hydrogens is 360 g/mol. The molecule has 0 bridgehead atoms. The van der Waals surface area contributed by atoms with Gasteiger partial charge in [0.2, 0.25) is 0 Å². The Bertz CT molecular complexity index is 871. The fourth-order valence-corrected chi connectivity index (χ4v) is 2.13. The number of esters is 1. The summed E-state index contributed by atoms with van der Waals surface area (Å²) in [4.78, 5) is 23.4. The van der Waals surface area contributed by atoms with Crippen LogP contribution >= 0.6 is 15.9 Å². The van der Waals surface area contributed by atoms with E-state index in [1.165, 1.54) is 19.4 Å². The lowest BCUT2D eigenvalue weighted by Gasteiger charge is -1.99. The molecule has 3 rings (SSSR count). The van der Waals surface area contributed by atoms with Crippen molar-refractivity contribution in [1.82, 2.24) is 9.78 Å². The highest BCUT2D eigenvalue weighted by Crippen LogP contribution is 2.22. The van der Waals surface area contributed by atoms with Crippen LogP contribution in [-0.4, -0.2) is 22.9 Å². The molecule has 9 heteroatoms. The molecule has 114 valence electrons. The van der Waals surface area contributed by atoms with E-state index >= 15 is 0 Å². The zero-order chi connectivity index (χ0) is 15.7. The number of aromatic nitrogens is 2. The van der Waals surface area contributed by atoms with Crippen LogP contribution in [0.5, 0.6) is 0 Å². The van der Waals surface area contributed by atoms with E-state index in [2.05, 4.69) is 25.8 Å². The first-order chi connectivity index (χ1) is 10.6. The van der Waals surface area contributed by atoms with Crippen molar-refractivity contribution in [1.29, 1.82) is 0 Å². The number of halogens is 1. The van der Waals surface area contributed by atoms with Gasteiger partial charge in [0, 0.05) is 0 Å². The first kappa shape index (κ1) is 14.4. The van der Waals surface area contributed by atoms with Crippen LogP contribution < -0.4 is 5.76 Å². The van der Waals surface area contributed by atoms with Crippen LogP contribution in [0.25, 0.3) is 11.7 Å². The predicted octanol–water partition coefficient (Wildman–Crippen LogP) is 2.29. The number of nitrogens with zero attached hydrogens (tertiary/aromatic N) is 2. The molecule has 0 atom stereocenters. The number of carbonyl (C=O) groups is 1. The maximum Gasteiger partial charge on any atom is 0.437 e. The molecular formula is C13H9BrN2O6. The minimum Gasteiger partial charge on any atom is -0.466 e. The molecule has 0 spiro atoms. The summed E-state index contributed by atoms with van der Waals surface area (Å²) in [6.45, 7) is -0.0678. The van der Waals surface area contributed by atoms with E-state index in [9.17, 15) is 9.59 Å². The second kappa shape index (κ2) is 5.68. The van der Waals surface area contributed by atoms with Gasteiger partial charge in [-0.3, -0.25) is 0 Å². The second-order valence-corrected chi connectivity index (χ2v) is 4.97. The van der Waals surface area contributed by atoms with Crippen molar-refractivity contribution in [2.45, 2.75) is 6.54 Å². The Hall–Kier alpha value is -2.55. The fraction of sp³-hybridized carbons (Fsp3) is 0.154. The third kappa shape index (κ3) is 2.62. The molecule has 3 aromatic heterocycles. The average Bonchev–Trinajstić information content (AvgIpc) is 3.20. The minimum absolute atomic E-state index is 0.0295. The number of furan rings is 2. The Balaban J connectivity index is 1.91. The number of carbonyl (C=O) groups excluding carboxylic acids is 1. The summed E-state index contributed by atoms with van der Waals surface area (Å²) < 4.78 is 21.6. The summed E-state index contributed by atoms with van der Waals surface area (Å²) in [5, 5.41) is 4.01. The zero-order valence-corrected chi connectivity index (χ0v) is 12.8. The number of rotatable bonds is 4. The lowest BCUT2D eigenvalue weighted by molar-refractivity contribution is 0.0598. The van der Waals surface area contributed by atoms with Gasteiger partial charge in [-0.2, -0.15) is 4.68 Å². The molecule has 0 fully saturated rings. The highest BCUT2D eigenvalue weighted by atomic mass is 79.9. The largest absolute Gasteiger partial charge is 0.466 e. The van der Waals surface area contributed by atoms with E-state index in [1.807, 2.05) is 0 Å². The van der Waals surface area contributed by atoms with Crippen LogP contribution in [0, 0.1) is 0 Å². The van der Waals surface area contributed by atoms with Gasteiger partial charge < -0.3 is 18.0 Å². The zero-order valence-electron chi connectivity index (χ0n) is 11.2. The molecule has 0 radical (unpaired) electrons. The van der Waals surface area contributed by atoms with Crippen molar-refractivity contribution in [3.05, 3.63) is 51.0 Å². The predicted molar refractivity (Wildman–Crippen MR) is 75.3 cm³/mol. The summed E-state index contributed by atoms with van der Waals surface area (Å²) in [6.07, 6.45) is 1.33. The minimum atomic E-state index is -0.699. The molecule has 3 heterocycles. The van der Waals surface area contributed by atoms with Gasteiger partial charge in [0.05, 0.1) is 13.4 Å². The Labute approximate surface area is 131 Å². The highest BCUT2D eigenvalue weighted by molar-refractivity contribution is 9.10. The molecule has 0 aromatic carbocycles. The lowest BCUT2D eigenvalue weighted by atomic mass is 10.2.